The molecule has 0 spiro atoms. The molecule has 8 heteroatoms. The summed E-state index contributed by atoms with van der Waals surface area (Å²) in [4.78, 5) is 42.6. The molecule has 0 aliphatic rings. The average Bonchev–Trinajstić information content (AvgIpc) is 2.32. The molecule has 19 heavy (non-hydrogen) atoms. The van der Waals surface area contributed by atoms with Crippen molar-refractivity contribution in [3.8, 4) is 0 Å². The molecule has 100 valence electrons. The molecule has 1 rings (SSSR count). The largest absolute Gasteiger partial charge is 0.474 e. The van der Waals surface area contributed by atoms with Gasteiger partial charge >= 0.3 is 23.8 Å². The van der Waals surface area contributed by atoms with Crippen molar-refractivity contribution in [3.63, 3.8) is 0 Å². The van der Waals surface area contributed by atoms with Gasteiger partial charge in [0.15, 0.2) is 0 Å². The van der Waals surface area contributed by atoms with Crippen LogP contribution in [0.1, 0.15) is 5.56 Å². The zero-order valence-electron chi connectivity index (χ0n) is 9.76. The fourth-order valence-electron chi connectivity index (χ4n) is 1.24. The van der Waals surface area contributed by atoms with Crippen LogP contribution in [-0.4, -0.2) is 34.0 Å². The number of nitrogens with one attached hydrogen (secondary N) is 2. The van der Waals surface area contributed by atoms with Gasteiger partial charge in [-0.2, -0.15) is 0 Å². The Morgan fingerprint density at radius 3 is 1.95 bits per heavy atom. The molecule has 0 fully saturated rings. The van der Waals surface area contributed by atoms with Crippen LogP contribution < -0.4 is 10.6 Å². The Kier molecular flexibility index (Phi) is 4.19. The molecule has 0 heterocycles. The maximum absolute atomic E-state index is 11.0. The van der Waals surface area contributed by atoms with Crippen molar-refractivity contribution in [2.75, 3.05) is 10.6 Å². The number of hydrogen-bond acceptors (Lipinski definition) is 4. The molecule has 0 radical (unpaired) electrons. The summed E-state index contributed by atoms with van der Waals surface area (Å²) < 4.78 is 0. The maximum Gasteiger partial charge on any atom is 0.394 e. The number of carboxylic acid groups (broad SMARTS) is 2. The van der Waals surface area contributed by atoms with Crippen molar-refractivity contribution in [2.45, 2.75) is 6.92 Å². The van der Waals surface area contributed by atoms with E-state index < -0.39 is 23.8 Å². The lowest BCUT2D eigenvalue weighted by Gasteiger charge is -2.09. The summed E-state index contributed by atoms with van der Waals surface area (Å²) in [5, 5.41) is 21.1. The Morgan fingerprint density at radius 2 is 1.47 bits per heavy atom. The normalized spacial score (nSPS) is 9.53. The predicted octanol–water partition coefficient (Wildman–Crippen LogP) is 0.0412. The highest BCUT2D eigenvalue weighted by Crippen LogP contribution is 2.19. The highest BCUT2D eigenvalue weighted by molar-refractivity contribution is 6.37. The lowest BCUT2D eigenvalue weighted by atomic mass is 10.1. The van der Waals surface area contributed by atoms with Crippen molar-refractivity contribution in [1.82, 2.24) is 0 Å². The first-order valence-corrected chi connectivity index (χ1v) is 5.00. The minimum absolute atomic E-state index is 0.221. The molecule has 0 aliphatic heterocycles. The van der Waals surface area contributed by atoms with Gasteiger partial charge in [-0.25, -0.2) is 9.59 Å². The standard InChI is InChI=1S/C11H10N2O6/c1-5-4-6(12-8(14)10(16)17)2-3-7(5)13-9(15)11(18)19/h2-4H,1H3,(H,12,14)(H,13,15)(H,16,17)(H,18,19). The number of anilines is 2. The Balaban J connectivity index is 2.86. The van der Waals surface area contributed by atoms with E-state index in [9.17, 15) is 19.2 Å². The molecule has 0 atom stereocenters. The van der Waals surface area contributed by atoms with Crippen LogP contribution in [0.2, 0.25) is 0 Å². The molecule has 0 bridgehead atoms. The Hall–Kier alpha value is -2.90. The van der Waals surface area contributed by atoms with E-state index in [4.69, 9.17) is 10.2 Å². The van der Waals surface area contributed by atoms with Crippen LogP contribution in [0.4, 0.5) is 11.4 Å². The van der Waals surface area contributed by atoms with Gasteiger partial charge in [0.25, 0.3) is 0 Å². The van der Waals surface area contributed by atoms with Crippen LogP contribution in [0.5, 0.6) is 0 Å². The topological polar surface area (TPSA) is 133 Å². The number of hydrogen-bond donors (Lipinski definition) is 4. The van der Waals surface area contributed by atoms with Crippen LogP contribution in [-0.2, 0) is 19.2 Å². The minimum atomic E-state index is -1.62. The monoisotopic (exact) mass is 266 g/mol. The molecule has 0 saturated carbocycles. The molecule has 2 amide bonds. The Bertz CT molecular complexity index is 566. The van der Waals surface area contributed by atoms with Crippen molar-refractivity contribution in [3.05, 3.63) is 23.8 Å². The van der Waals surface area contributed by atoms with Gasteiger partial charge < -0.3 is 20.8 Å². The molecular formula is C11H10N2O6. The van der Waals surface area contributed by atoms with Crippen LogP contribution in [0.3, 0.4) is 0 Å². The van der Waals surface area contributed by atoms with Crippen molar-refractivity contribution in [2.24, 2.45) is 0 Å². The van der Waals surface area contributed by atoms with E-state index in [1.807, 2.05) is 0 Å². The van der Waals surface area contributed by atoms with Gasteiger partial charge in [0.2, 0.25) is 0 Å². The second-order valence-electron chi connectivity index (χ2n) is 3.55. The van der Waals surface area contributed by atoms with Crippen LogP contribution in [0, 0.1) is 6.92 Å². The highest BCUT2D eigenvalue weighted by atomic mass is 16.4. The van der Waals surface area contributed by atoms with Gasteiger partial charge in [0.1, 0.15) is 0 Å². The molecule has 0 unspecified atom stereocenters. The van der Waals surface area contributed by atoms with Crippen molar-refractivity contribution < 1.29 is 29.4 Å². The summed E-state index contributed by atoms with van der Waals surface area (Å²) in [7, 11) is 0. The second kappa shape index (κ2) is 5.63. The molecular weight excluding hydrogens is 256 g/mol. The maximum atomic E-state index is 11.0. The van der Waals surface area contributed by atoms with Gasteiger partial charge in [-0.1, -0.05) is 0 Å². The highest BCUT2D eigenvalue weighted by Gasteiger charge is 2.14. The van der Waals surface area contributed by atoms with E-state index >= 15 is 0 Å². The third-order valence-electron chi connectivity index (χ3n) is 2.12. The number of rotatable bonds is 2. The van der Waals surface area contributed by atoms with E-state index in [1.165, 1.54) is 18.2 Å². The lowest BCUT2D eigenvalue weighted by molar-refractivity contribution is -0.147. The van der Waals surface area contributed by atoms with E-state index in [2.05, 4.69) is 10.6 Å². The number of amides is 2. The number of aryl methyl sites for hydroxylation is 1. The van der Waals surface area contributed by atoms with Gasteiger partial charge in [0.05, 0.1) is 0 Å². The zero-order valence-corrected chi connectivity index (χ0v) is 9.76. The minimum Gasteiger partial charge on any atom is -0.474 e. The average molecular weight is 266 g/mol. The molecule has 0 saturated heterocycles. The Morgan fingerprint density at radius 1 is 0.947 bits per heavy atom. The summed E-state index contributed by atoms with van der Waals surface area (Å²) in [5.74, 6) is -5.63. The molecule has 8 nitrogen and oxygen atoms in total. The summed E-state index contributed by atoms with van der Waals surface area (Å²) in [6.45, 7) is 1.56. The number of aliphatic carboxylic acids is 2. The second-order valence-corrected chi connectivity index (χ2v) is 3.55. The molecule has 4 N–H and O–H groups in total. The van der Waals surface area contributed by atoms with Crippen LogP contribution >= 0.6 is 0 Å². The van der Waals surface area contributed by atoms with E-state index in [1.54, 1.807) is 6.92 Å². The number of carboxylic acids is 2. The van der Waals surface area contributed by atoms with Gasteiger partial charge in [0, 0.05) is 11.4 Å². The molecule has 1 aromatic rings. The summed E-state index contributed by atoms with van der Waals surface area (Å²) in [6.07, 6.45) is 0. The quantitative estimate of drug-likeness (QED) is 0.558. The number of benzene rings is 1. The predicted molar refractivity (Wildman–Crippen MR) is 63.7 cm³/mol. The molecule has 0 aliphatic carbocycles. The Labute approximate surface area is 107 Å². The first kappa shape index (κ1) is 14.2. The van der Waals surface area contributed by atoms with Crippen LogP contribution in [0.25, 0.3) is 0 Å². The first-order valence-electron chi connectivity index (χ1n) is 5.00. The van der Waals surface area contributed by atoms with Crippen LogP contribution in [0.15, 0.2) is 18.2 Å². The number of carbonyl (C=O) groups excluding carboxylic acids is 2. The summed E-state index contributed by atoms with van der Waals surface area (Å²) >= 11 is 0. The van der Waals surface area contributed by atoms with Crippen molar-refractivity contribution in [1.29, 1.82) is 0 Å². The van der Waals surface area contributed by atoms with E-state index in [-0.39, 0.29) is 11.4 Å². The molecule has 1 aromatic carbocycles. The zero-order chi connectivity index (χ0) is 14.6. The van der Waals surface area contributed by atoms with Gasteiger partial charge in [-0.15, -0.1) is 0 Å². The van der Waals surface area contributed by atoms with E-state index in [0.29, 0.717) is 5.56 Å². The van der Waals surface area contributed by atoms with Gasteiger partial charge in [-0.3, -0.25) is 9.59 Å². The third-order valence-corrected chi connectivity index (χ3v) is 2.12. The van der Waals surface area contributed by atoms with Crippen molar-refractivity contribution >= 4 is 35.1 Å². The fourth-order valence-corrected chi connectivity index (χ4v) is 1.24. The van der Waals surface area contributed by atoms with Gasteiger partial charge in [-0.05, 0) is 30.7 Å². The summed E-state index contributed by atoms with van der Waals surface area (Å²) in [6, 6.07) is 4.09. The van der Waals surface area contributed by atoms with E-state index in [0.717, 1.165) is 0 Å². The fraction of sp³-hybridized carbons (Fsp3) is 0.0909. The molecule has 0 aromatic heterocycles. The first-order chi connectivity index (χ1) is 8.81. The third kappa shape index (κ3) is 3.80. The SMILES string of the molecule is Cc1cc(NC(=O)C(=O)O)ccc1NC(=O)C(=O)O. The summed E-state index contributed by atoms with van der Waals surface area (Å²) in [5.41, 5.74) is 0.941. The number of carbonyl (C=O) groups is 4. The lowest BCUT2D eigenvalue weighted by Crippen LogP contribution is -2.23. The smallest absolute Gasteiger partial charge is 0.394 e.